The number of aliphatic carboxylic acids is 2. The summed E-state index contributed by atoms with van der Waals surface area (Å²) in [5.74, 6) is -5.51. The van der Waals surface area contributed by atoms with Crippen molar-refractivity contribution in [2.24, 2.45) is 23.7 Å². The van der Waals surface area contributed by atoms with Crippen molar-refractivity contribution < 1.29 is 80.6 Å². The standard InChI is InChI=1S/C31H37ClFN5O4.C29H33ClFN5O4.C28H34FN8O6P/c1-30(2,3)21-15-24(20-10-11-23(33)22(32)14-20)35-38-16-25(34-26(21)38)28(40)37-13-12-36(17-31(37,4)5)27(39)18-6-8-19(9-7-18)29(41)42;1-28(2,3)19-13-22(16-6-7-21(31)20(30)12-16)33-36-14-23(32-24(19)36)26(38)35-9-8-34(15-29(35,4)5)25(37)17-10-18(11-17)27(39)40;1-17-30-23(33-37(17)16-43-44(40,41)42)26(39)34-11-12-35(28(5,6)15-34)25(38)22-14-36-24(31-22)20(27(2,3)4)13-21(32-36)18-7-9-19(29)10-8-18/h10-11,14-16,18-19H,6-9,12-13,17H2,1-5H3,(H,41,42);6-7,12-14,17-18H,8-11,15H2,1-5H3,(H,39,40);7-10,13-14H,11-12,15-16H2,1-6H3,(H2,40,41,42). The first-order chi connectivity index (χ1) is 58.7. The second-order valence-electron chi connectivity index (χ2n) is 37.9. The van der Waals surface area contributed by atoms with Crippen LogP contribution in [0.4, 0.5) is 13.2 Å². The fourth-order valence-electron chi connectivity index (χ4n) is 16.8. The number of carboxylic acids is 2. The molecule has 0 radical (unpaired) electrons. The molecule has 15 rings (SSSR count). The number of carbonyl (C=O) groups is 8. The number of benzene rings is 3. The second kappa shape index (κ2) is 34.9. The summed E-state index contributed by atoms with van der Waals surface area (Å²) in [7, 11) is -4.74. The molecule has 0 spiro atoms. The molecule has 3 aliphatic heterocycles. The van der Waals surface area contributed by atoms with Gasteiger partial charge in [-0.3, -0.25) is 42.9 Å². The Balaban J connectivity index is 0.000000162. The maximum atomic E-state index is 13.9. The van der Waals surface area contributed by atoms with Crippen LogP contribution in [0.1, 0.15) is 207 Å². The lowest BCUT2D eigenvalue weighted by molar-refractivity contribution is -0.153. The third kappa shape index (κ3) is 19.8. The van der Waals surface area contributed by atoms with Crippen molar-refractivity contribution in [3.63, 3.8) is 0 Å². The molecule has 32 nitrogen and oxygen atoms in total. The Kier molecular flexibility index (Phi) is 25.7. The van der Waals surface area contributed by atoms with Crippen molar-refractivity contribution >= 4 is 95.3 Å². The van der Waals surface area contributed by atoms with Crippen LogP contribution in [0.3, 0.4) is 0 Å². The lowest BCUT2D eigenvalue weighted by atomic mass is 9.74. The fourth-order valence-corrected chi connectivity index (χ4v) is 17.5. The van der Waals surface area contributed by atoms with E-state index < -0.39 is 66.6 Å². The van der Waals surface area contributed by atoms with Gasteiger partial charge in [-0.1, -0.05) is 85.5 Å². The number of imidazole rings is 3. The average Bonchev–Trinajstić information content (AvgIpc) is 1.63. The molecule has 0 atom stereocenters. The van der Waals surface area contributed by atoms with Crippen LogP contribution in [-0.4, -0.2) is 231 Å². The van der Waals surface area contributed by atoms with Crippen LogP contribution >= 0.6 is 31.0 Å². The highest BCUT2D eigenvalue weighted by molar-refractivity contribution is 7.46. The SMILES string of the molecule is CC(C)(C)c1cc(-c2ccc(F)c(Cl)c2)nn2cc(C(=O)N3CCN(C(=O)C4CC(C(=O)O)C4)CC3(C)C)nc12.CC(C)(C)c1cc(-c2ccc(F)c(Cl)c2)nn2cc(C(=O)N3CCN(C(=O)C4CCC(C(=O)O)CC4)CC3(C)C)nc12.Cc1nc(C(=O)N2CCN(C(=O)c3cn4nc(-c5ccc(F)cc5)cc(C(C)(C)C)c4n3)C(C)(C)C2)nn1COP(=O)(O)O. The zero-order chi connectivity index (χ0) is 91.9. The molecule has 5 aliphatic rings. The van der Waals surface area contributed by atoms with E-state index in [2.05, 4.69) is 24.8 Å². The summed E-state index contributed by atoms with van der Waals surface area (Å²) >= 11 is 12.1. The van der Waals surface area contributed by atoms with Gasteiger partial charge >= 0.3 is 19.8 Å². The number of aromatic nitrogens is 12. The first-order valence-corrected chi connectivity index (χ1v) is 43.8. The summed E-state index contributed by atoms with van der Waals surface area (Å²) in [6, 6.07) is 20.6. The number of phosphoric acid groups is 1. The molecule has 3 aromatic carbocycles. The van der Waals surface area contributed by atoms with Crippen LogP contribution in [0.2, 0.25) is 10.0 Å². The molecule has 2 aliphatic carbocycles. The Bertz CT molecular complexity index is 6010. The van der Waals surface area contributed by atoms with Crippen molar-refractivity contribution in [2.75, 3.05) is 58.9 Å². The van der Waals surface area contributed by atoms with Gasteiger partial charge in [0.1, 0.15) is 40.4 Å². The van der Waals surface area contributed by atoms with Gasteiger partial charge in [-0.15, -0.1) is 5.10 Å². The van der Waals surface area contributed by atoms with E-state index in [1.54, 1.807) is 76.0 Å². The van der Waals surface area contributed by atoms with Crippen molar-refractivity contribution in [3.05, 3.63) is 170 Å². The maximum Gasteiger partial charge on any atom is 0.471 e. The highest BCUT2D eigenvalue weighted by Gasteiger charge is 2.48. The minimum Gasteiger partial charge on any atom is -0.481 e. The van der Waals surface area contributed by atoms with Gasteiger partial charge < -0.3 is 49.4 Å². The highest BCUT2D eigenvalue weighted by atomic mass is 35.5. The smallest absolute Gasteiger partial charge is 0.471 e. The fraction of sp³-hybridized carbons (Fsp3) is 0.477. The third-order valence-corrected chi connectivity index (χ3v) is 25.0. The number of halogens is 5. The van der Waals surface area contributed by atoms with Crippen LogP contribution < -0.4 is 0 Å². The Morgan fingerprint density at radius 2 is 0.810 bits per heavy atom. The summed E-state index contributed by atoms with van der Waals surface area (Å²) in [4.78, 5) is 150. The number of rotatable bonds is 14. The topological polar surface area (TPSA) is 385 Å². The lowest BCUT2D eigenvalue weighted by Crippen LogP contribution is -2.63. The predicted molar refractivity (Wildman–Crippen MR) is 460 cm³/mol. The van der Waals surface area contributed by atoms with Gasteiger partial charge in [0.2, 0.25) is 17.6 Å². The Labute approximate surface area is 735 Å². The first kappa shape index (κ1) is 92.6. The van der Waals surface area contributed by atoms with E-state index in [1.165, 1.54) is 48.2 Å². The van der Waals surface area contributed by atoms with Crippen molar-refractivity contribution in [1.29, 1.82) is 0 Å². The summed E-state index contributed by atoms with van der Waals surface area (Å²) < 4.78 is 62.5. The quantitative estimate of drug-likeness (QED) is 0.0735. The minimum absolute atomic E-state index is 0.000927. The molecule has 10 aromatic rings. The second-order valence-corrected chi connectivity index (χ2v) is 40.0. The largest absolute Gasteiger partial charge is 0.481 e. The van der Waals surface area contributed by atoms with Gasteiger partial charge in [-0.05, 0) is 182 Å². The summed E-state index contributed by atoms with van der Waals surface area (Å²) in [6.07, 6.45) is 7.73. The van der Waals surface area contributed by atoms with E-state index >= 15 is 0 Å². The van der Waals surface area contributed by atoms with E-state index in [0.29, 0.717) is 123 Å². The zero-order valence-corrected chi connectivity index (χ0v) is 75.5. The van der Waals surface area contributed by atoms with Crippen LogP contribution in [0.15, 0.2) is 97.5 Å². The molecule has 3 saturated heterocycles. The molecule has 7 aromatic heterocycles. The van der Waals surface area contributed by atoms with Crippen molar-refractivity contribution in [2.45, 2.75) is 189 Å². The lowest BCUT2D eigenvalue weighted by Gasteiger charge is -2.48. The molecule has 670 valence electrons. The third-order valence-electron chi connectivity index (χ3n) is 23.9. The molecule has 0 unspecified atom stereocenters. The molecule has 10 heterocycles. The molecule has 0 bridgehead atoms. The zero-order valence-electron chi connectivity index (χ0n) is 73.1. The van der Waals surface area contributed by atoms with Gasteiger partial charge in [-0.2, -0.15) is 15.3 Å². The van der Waals surface area contributed by atoms with E-state index in [-0.39, 0.29) is 128 Å². The van der Waals surface area contributed by atoms with Crippen LogP contribution in [0.25, 0.3) is 50.7 Å². The predicted octanol–water partition coefficient (Wildman–Crippen LogP) is 13.3. The van der Waals surface area contributed by atoms with Crippen molar-refractivity contribution in [1.82, 2.24) is 88.0 Å². The van der Waals surface area contributed by atoms with Crippen LogP contribution in [0.5, 0.6) is 0 Å². The monoisotopic (exact) mass is 1790 g/mol. The minimum atomic E-state index is -4.74. The average molecular weight is 1800 g/mol. The highest BCUT2D eigenvalue weighted by Crippen LogP contribution is 2.41. The van der Waals surface area contributed by atoms with Crippen LogP contribution in [-0.2, 0) is 51.2 Å². The van der Waals surface area contributed by atoms with Gasteiger partial charge in [0.15, 0.2) is 23.7 Å². The number of amides is 6. The summed E-state index contributed by atoms with van der Waals surface area (Å²) in [5.41, 5.74) is 5.65. The number of hydrogen-bond acceptors (Lipinski definition) is 18. The number of carbonyl (C=O) groups excluding carboxylic acids is 6. The molecule has 126 heavy (non-hydrogen) atoms. The molecule has 4 N–H and O–H groups in total. The maximum absolute atomic E-state index is 13.9. The number of phosphoric ester groups is 1. The summed E-state index contributed by atoms with van der Waals surface area (Å²) in [6.45, 7) is 33.5. The molecule has 2 saturated carbocycles. The number of carboxylic acid groups (broad SMARTS) is 2. The normalized spacial score (nSPS) is 19.1. The van der Waals surface area contributed by atoms with Gasteiger partial charge in [0, 0.05) is 104 Å². The van der Waals surface area contributed by atoms with E-state index in [1.807, 2.05) is 127 Å². The molecular formula is C88H104Cl2F3N18O14P. The summed E-state index contributed by atoms with van der Waals surface area (Å²) in [5, 5.41) is 36.5. The van der Waals surface area contributed by atoms with Gasteiger partial charge in [0.25, 0.3) is 23.6 Å². The molecule has 38 heteroatoms. The number of aryl methyl sites for hydroxylation is 1. The number of fused-ring (bicyclic) bond motifs is 3. The number of hydrogen-bond donors (Lipinski definition) is 4. The molecule has 5 fully saturated rings. The molecule has 6 amide bonds. The first-order valence-electron chi connectivity index (χ1n) is 41.5. The number of piperazine rings is 3. The Morgan fingerprint density at radius 1 is 0.460 bits per heavy atom. The van der Waals surface area contributed by atoms with Crippen molar-refractivity contribution in [3.8, 4) is 33.8 Å². The van der Waals surface area contributed by atoms with Gasteiger partial charge in [0.05, 0.1) is 74.2 Å². The molecular weight excluding hydrogens is 1690 g/mol. The Morgan fingerprint density at radius 3 is 1.17 bits per heavy atom. The van der Waals surface area contributed by atoms with E-state index in [4.69, 9.17) is 58.1 Å². The van der Waals surface area contributed by atoms with E-state index in [9.17, 15) is 61.2 Å². The van der Waals surface area contributed by atoms with Crippen LogP contribution in [0, 0.1) is 48.0 Å². The number of nitrogens with zero attached hydrogens (tertiary/aromatic N) is 18. The Hall–Kier alpha value is -11.1. The van der Waals surface area contributed by atoms with E-state index in [0.717, 1.165) is 26.9 Å². The van der Waals surface area contributed by atoms with Gasteiger partial charge in [-0.25, -0.2) is 55.9 Å².